The Hall–Kier alpha value is -4.60. The lowest BCUT2D eigenvalue weighted by molar-refractivity contribution is 0.0224. The van der Waals surface area contributed by atoms with E-state index in [0.29, 0.717) is 42.2 Å². The van der Waals surface area contributed by atoms with E-state index >= 15 is 0 Å². The quantitative estimate of drug-likeness (QED) is 0.322. The van der Waals surface area contributed by atoms with Crippen LogP contribution in [0.3, 0.4) is 0 Å². The van der Waals surface area contributed by atoms with Gasteiger partial charge in [-0.2, -0.15) is 5.10 Å². The molecule has 2 aromatic carbocycles. The molecule has 1 aliphatic heterocycles. The molecule has 0 bridgehead atoms. The molecule has 0 radical (unpaired) electrons. The molecular weight excluding hydrogens is 482 g/mol. The zero-order valence-corrected chi connectivity index (χ0v) is 21.5. The van der Waals surface area contributed by atoms with Crippen LogP contribution < -0.4 is 5.73 Å². The van der Waals surface area contributed by atoms with Gasteiger partial charge in [-0.15, -0.1) is 0 Å². The summed E-state index contributed by atoms with van der Waals surface area (Å²) in [5.74, 6) is 0.549. The van der Waals surface area contributed by atoms with Crippen molar-refractivity contribution in [1.82, 2.24) is 29.6 Å². The summed E-state index contributed by atoms with van der Waals surface area (Å²) < 4.78 is 7.38. The normalized spacial score (nSPS) is 13.7. The standard InChI is InChI=1S/C28H29N7O3/c1-28(2,3)38-27(37)34-9-8-17-10-16(4-5-18(17)14-34)13-35-26-23(25(29)30-15-31-26)24(33-35)22-12-19-11-20(36)6-7-21(19)32-22/h4-7,10-12,15,32,36H,8-9,13-14H2,1-3H3,(H2,29,30,31). The summed E-state index contributed by atoms with van der Waals surface area (Å²) in [4.78, 5) is 26.3. The van der Waals surface area contributed by atoms with Gasteiger partial charge in [0.2, 0.25) is 0 Å². The van der Waals surface area contributed by atoms with Crippen molar-refractivity contribution in [2.45, 2.75) is 45.9 Å². The van der Waals surface area contributed by atoms with Crippen molar-refractivity contribution in [2.24, 2.45) is 0 Å². The topological polar surface area (TPSA) is 135 Å². The highest BCUT2D eigenvalue weighted by Crippen LogP contribution is 2.33. The third-order valence-corrected chi connectivity index (χ3v) is 6.69. The summed E-state index contributed by atoms with van der Waals surface area (Å²) in [6, 6.07) is 13.4. The monoisotopic (exact) mass is 511 g/mol. The summed E-state index contributed by atoms with van der Waals surface area (Å²) in [5, 5.41) is 16.3. The van der Waals surface area contributed by atoms with Gasteiger partial charge in [0.05, 0.1) is 17.6 Å². The lowest BCUT2D eigenvalue weighted by Gasteiger charge is -2.31. The smallest absolute Gasteiger partial charge is 0.410 e. The van der Waals surface area contributed by atoms with Gasteiger partial charge >= 0.3 is 6.09 Å². The Morgan fingerprint density at radius 1 is 1.13 bits per heavy atom. The van der Waals surface area contributed by atoms with Crippen molar-refractivity contribution < 1.29 is 14.6 Å². The second kappa shape index (κ2) is 8.76. The van der Waals surface area contributed by atoms with Crippen LogP contribution in [0.15, 0.2) is 48.8 Å². The Kier molecular flexibility index (Phi) is 5.48. The molecule has 0 fully saturated rings. The number of phenols is 1. The molecule has 0 saturated carbocycles. The van der Waals surface area contributed by atoms with Gasteiger partial charge in [0.15, 0.2) is 5.65 Å². The molecule has 0 unspecified atom stereocenters. The van der Waals surface area contributed by atoms with E-state index in [-0.39, 0.29) is 11.8 Å². The third kappa shape index (κ3) is 4.38. The van der Waals surface area contributed by atoms with Crippen LogP contribution in [0, 0.1) is 0 Å². The minimum Gasteiger partial charge on any atom is -0.508 e. The predicted molar refractivity (Wildman–Crippen MR) is 145 cm³/mol. The number of hydrogen-bond donors (Lipinski definition) is 3. The number of ether oxygens (including phenoxy) is 1. The second-order valence-electron chi connectivity index (χ2n) is 10.7. The van der Waals surface area contributed by atoms with Crippen molar-refractivity contribution in [1.29, 1.82) is 0 Å². The first kappa shape index (κ1) is 23.8. The first-order valence-electron chi connectivity index (χ1n) is 12.5. The van der Waals surface area contributed by atoms with Gasteiger partial charge in [0.25, 0.3) is 0 Å². The highest BCUT2D eigenvalue weighted by molar-refractivity contribution is 6.00. The zero-order chi connectivity index (χ0) is 26.6. The number of anilines is 1. The van der Waals surface area contributed by atoms with Crippen molar-refractivity contribution in [3.8, 4) is 17.1 Å². The summed E-state index contributed by atoms with van der Waals surface area (Å²) in [6.45, 7) is 7.26. The number of nitrogen functional groups attached to an aromatic ring is 1. The van der Waals surface area contributed by atoms with Gasteiger partial charge in [0.1, 0.15) is 29.2 Å². The Balaban J connectivity index is 1.31. The molecule has 0 spiro atoms. The molecular formula is C28H29N7O3. The maximum Gasteiger partial charge on any atom is 0.410 e. The van der Waals surface area contributed by atoms with Crippen LogP contribution in [0.25, 0.3) is 33.3 Å². The Morgan fingerprint density at radius 3 is 2.79 bits per heavy atom. The molecule has 3 aromatic heterocycles. The van der Waals surface area contributed by atoms with Crippen LogP contribution >= 0.6 is 0 Å². The highest BCUT2D eigenvalue weighted by atomic mass is 16.6. The van der Waals surface area contributed by atoms with Crippen molar-refractivity contribution in [2.75, 3.05) is 12.3 Å². The molecule has 4 N–H and O–H groups in total. The van der Waals surface area contributed by atoms with Gasteiger partial charge in [0, 0.05) is 24.0 Å². The van der Waals surface area contributed by atoms with Crippen LogP contribution in [0.1, 0.15) is 37.5 Å². The van der Waals surface area contributed by atoms with Crippen molar-refractivity contribution in [3.05, 3.63) is 65.5 Å². The number of aromatic nitrogens is 5. The largest absolute Gasteiger partial charge is 0.508 e. The van der Waals surface area contributed by atoms with E-state index in [1.165, 1.54) is 11.9 Å². The van der Waals surface area contributed by atoms with Gasteiger partial charge in [-0.1, -0.05) is 18.2 Å². The average molecular weight is 512 g/mol. The number of aromatic amines is 1. The summed E-state index contributed by atoms with van der Waals surface area (Å²) in [5.41, 5.74) is 12.1. The predicted octanol–water partition coefficient (Wildman–Crippen LogP) is 4.60. The number of nitrogens with two attached hydrogens (primary N) is 1. The number of rotatable bonds is 3. The fourth-order valence-electron chi connectivity index (χ4n) is 4.94. The molecule has 194 valence electrons. The Labute approximate surface area is 219 Å². The lowest BCUT2D eigenvalue weighted by atomic mass is 9.97. The van der Waals surface area contributed by atoms with Crippen LogP contribution in [0.2, 0.25) is 0 Å². The van der Waals surface area contributed by atoms with Crippen molar-refractivity contribution in [3.63, 3.8) is 0 Å². The lowest BCUT2D eigenvalue weighted by Crippen LogP contribution is -2.39. The molecule has 4 heterocycles. The van der Waals surface area contributed by atoms with Crippen LogP contribution in [0.4, 0.5) is 10.6 Å². The zero-order valence-electron chi connectivity index (χ0n) is 21.5. The molecule has 1 amide bonds. The second-order valence-corrected chi connectivity index (χ2v) is 10.7. The third-order valence-electron chi connectivity index (χ3n) is 6.69. The number of phenolic OH excluding ortho intramolecular Hbond substituents is 1. The highest BCUT2D eigenvalue weighted by Gasteiger charge is 2.26. The maximum absolute atomic E-state index is 12.5. The number of fused-ring (bicyclic) bond motifs is 3. The minimum atomic E-state index is -0.520. The number of H-pyrrole nitrogens is 1. The molecule has 6 rings (SSSR count). The maximum atomic E-state index is 12.5. The molecule has 38 heavy (non-hydrogen) atoms. The van der Waals surface area contributed by atoms with Gasteiger partial charge in [-0.25, -0.2) is 19.4 Å². The molecule has 0 atom stereocenters. The average Bonchev–Trinajstić information content (AvgIpc) is 3.44. The summed E-state index contributed by atoms with van der Waals surface area (Å²) in [7, 11) is 0. The van der Waals surface area contributed by atoms with E-state index in [1.807, 2.05) is 37.6 Å². The molecule has 10 heteroatoms. The molecule has 0 saturated heterocycles. The molecule has 1 aliphatic rings. The molecule has 5 aromatic rings. The number of nitrogens with zero attached hydrogens (tertiary/aromatic N) is 5. The van der Waals surface area contributed by atoms with E-state index in [2.05, 4.69) is 33.2 Å². The number of nitrogens with one attached hydrogen (secondary N) is 1. The SMILES string of the molecule is CC(C)(C)OC(=O)N1CCc2cc(Cn3nc(-c4cc5cc(O)ccc5[nH]4)c4c(N)ncnc43)ccc2C1. The van der Waals surface area contributed by atoms with E-state index in [4.69, 9.17) is 15.6 Å². The molecule has 10 nitrogen and oxygen atoms in total. The van der Waals surface area contributed by atoms with Crippen molar-refractivity contribution >= 4 is 33.8 Å². The van der Waals surface area contributed by atoms with Gasteiger partial charge in [-0.3, -0.25) is 0 Å². The van der Waals surface area contributed by atoms with Gasteiger partial charge < -0.3 is 25.5 Å². The number of aromatic hydroxyl groups is 1. The number of carbonyl (C=O) groups excluding carboxylic acids is 1. The minimum absolute atomic E-state index is 0.197. The Morgan fingerprint density at radius 2 is 1.97 bits per heavy atom. The number of hydrogen-bond acceptors (Lipinski definition) is 7. The van der Waals surface area contributed by atoms with E-state index in [1.54, 1.807) is 17.0 Å². The summed E-state index contributed by atoms with van der Waals surface area (Å²) >= 11 is 0. The number of benzene rings is 2. The first-order chi connectivity index (χ1) is 18.1. The van der Waals surface area contributed by atoms with Crippen LogP contribution in [0.5, 0.6) is 5.75 Å². The number of carbonyl (C=O) groups is 1. The summed E-state index contributed by atoms with van der Waals surface area (Å²) in [6.07, 6.45) is 1.91. The fourth-order valence-corrected chi connectivity index (χ4v) is 4.94. The fraction of sp³-hybridized carbons (Fsp3) is 0.286. The van der Waals surface area contributed by atoms with E-state index in [9.17, 15) is 9.90 Å². The van der Waals surface area contributed by atoms with E-state index < -0.39 is 5.60 Å². The first-order valence-corrected chi connectivity index (χ1v) is 12.5. The van der Waals surface area contributed by atoms with Crippen LogP contribution in [-0.4, -0.2) is 53.0 Å². The molecule has 0 aliphatic carbocycles. The van der Waals surface area contributed by atoms with E-state index in [0.717, 1.165) is 34.1 Å². The van der Waals surface area contributed by atoms with Crippen LogP contribution in [-0.2, 0) is 24.2 Å². The Bertz CT molecular complexity index is 1700. The number of amides is 1. The van der Waals surface area contributed by atoms with Gasteiger partial charge in [-0.05, 0) is 68.1 Å².